The summed E-state index contributed by atoms with van der Waals surface area (Å²) in [6.07, 6.45) is 2.69. The summed E-state index contributed by atoms with van der Waals surface area (Å²) in [5, 5.41) is 4.38. The van der Waals surface area contributed by atoms with E-state index in [0.717, 1.165) is 12.1 Å². The maximum absolute atomic E-state index is 6.20. The fraction of sp³-hybridized carbons (Fsp3) is 0.211. The average molecular weight is 403 g/mol. The molecule has 27 heavy (non-hydrogen) atoms. The maximum Gasteiger partial charge on any atom is 0.225 e. The van der Waals surface area contributed by atoms with E-state index in [-0.39, 0.29) is 6.04 Å². The van der Waals surface area contributed by atoms with E-state index in [4.69, 9.17) is 23.2 Å². The first-order valence-electron chi connectivity index (χ1n) is 8.59. The first-order valence-corrected chi connectivity index (χ1v) is 9.35. The van der Waals surface area contributed by atoms with Gasteiger partial charge in [0.25, 0.3) is 0 Å². The highest BCUT2D eigenvalue weighted by atomic mass is 35.5. The molecule has 3 rings (SSSR count). The van der Waals surface area contributed by atoms with Crippen LogP contribution in [0.5, 0.6) is 0 Å². The van der Waals surface area contributed by atoms with Crippen molar-refractivity contribution in [3.05, 3.63) is 58.7 Å². The lowest BCUT2D eigenvalue weighted by Crippen LogP contribution is -2.18. The zero-order chi connectivity index (χ0) is 19.2. The number of hydrogen-bond donors (Lipinski definition) is 3. The molecule has 8 heteroatoms. The molecule has 0 amide bonds. The fourth-order valence-electron chi connectivity index (χ4n) is 2.27. The number of pyridine rings is 1. The van der Waals surface area contributed by atoms with Crippen molar-refractivity contribution in [1.29, 1.82) is 0 Å². The zero-order valence-electron chi connectivity index (χ0n) is 15.0. The standard InChI is InChI=1S/C19H20Cl2N6/c1-3-12(2)23-19-24-17(16-6-4-5-9-22-16)11-18(25-19)27-26-15-8-7-13(20)10-14(15)21/h4-12,26H,3H2,1-2H3,(H2,23,24,25,27)/t12-/m1/s1. The Kier molecular flexibility index (Phi) is 6.32. The third-order valence-electron chi connectivity index (χ3n) is 3.90. The van der Waals surface area contributed by atoms with Crippen LogP contribution in [0.4, 0.5) is 17.5 Å². The van der Waals surface area contributed by atoms with Gasteiger partial charge in [-0.3, -0.25) is 15.8 Å². The lowest BCUT2D eigenvalue weighted by molar-refractivity contribution is 0.753. The number of rotatable bonds is 7. The van der Waals surface area contributed by atoms with Crippen LogP contribution in [0.15, 0.2) is 48.7 Å². The largest absolute Gasteiger partial charge is 0.352 e. The highest BCUT2D eigenvalue weighted by Crippen LogP contribution is 2.26. The maximum atomic E-state index is 6.20. The van der Waals surface area contributed by atoms with E-state index >= 15 is 0 Å². The summed E-state index contributed by atoms with van der Waals surface area (Å²) in [7, 11) is 0. The lowest BCUT2D eigenvalue weighted by atomic mass is 10.2. The van der Waals surface area contributed by atoms with Crippen LogP contribution in [0.25, 0.3) is 11.4 Å². The molecule has 2 aromatic heterocycles. The number of nitrogens with zero attached hydrogens (tertiary/aromatic N) is 3. The number of halogens is 2. The van der Waals surface area contributed by atoms with Crippen LogP contribution in [0.1, 0.15) is 20.3 Å². The highest BCUT2D eigenvalue weighted by Gasteiger charge is 2.10. The summed E-state index contributed by atoms with van der Waals surface area (Å²) in [5.74, 6) is 1.11. The predicted molar refractivity (Wildman–Crippen MR) is 112 cm³/mol. The van der Waals surface area contributed by atoms with E-state index in [9.17, 15) is 0 Å². The van der Waals surface area contributed by atoms with Crippen LogP contribution < -0.4 is 16.2 Å². The van der Waals surface area contributed by atoms with Crippen molar-refractivity contribution in [3.8, 4) is 11.4 Å². The number of hydrogen-bond acceptors (Lipinski definition) is 6. The second kappa shape index (κ2) is 8.88. The molecule has 0 spiro atoms. The van der Waals surface area contributed by atoms with Crippen molar-refractivity contribution in [2.24, 2.45) is 0 Å². The van der Waals surface area contributed by atoms with E-state index in [1.54, 1.807) is 24.4 Å². The second-order valence-corrected chi connectivity index (χ2v) is 6.85. The molecule has 2 heterocycles. The smallest absolute Gasteiger partial charge is 0.225 e. The molecule has 6 nitrogen and oxygen atoms in total. The first-order chi connectivity index (χ1) is 13.0. The normalized spacial score (nSPS) is 11.7. The molecule has 0 saturated carbocycles. The molecule has 3 N–H and O–H groups in total. The number of nitrogens with one attached hydrogen (secondary N) is 3. The molecule has 1 aromatic carbocycles. The van der Waals surface area contributed by atoms with Gasteiger partial charge in [0.2, 0.25) is 5.95 Å². The molecular formula is C19H20Cl2N6. The Morgan fingerprint density at radius 1 is 1.00 bits per heavy atom. The number of benzene rings is 1. The van der Waals surface area contributed by atoms with E-state index in [1.165, 1.54) is 0 Å². The Morgan fingerprint density at radius 3 is 2.56 bits per heavy atom. The van der Waals surface area contributed by atoms with Gasteiger partial charge in [-0.2, -0.15) is 4.98 Å². The summed E-state index contributed by atoms with van der Waals surface area (Å²) in [4.78, 5) is 13.5. The van der Waals surface area contributed by atoms with Crippen molar-refractivity contribution in [3.63, 3.8) is 0 Å². The van der Waals surface area contributed by atoms with Crippen molar-refractivity contribution in [2.75, 3.05) is 16.2 Å². The summed E-state index contributed by atoms with van der Waals surface area (Å²) in [6, 6.07) is 13.0. The lowest BCUT2D eigenvalue weighted by Gasteiger charge is -2.15. The van der Waals surface area contributed by atoms with Gasteiger partial charge in [0, 0.05) is 23.3 Å². The third kappa shape index (κ3) is 5.21. The van der Waals surface area contributed by atoms with Gasteiger partial charge >= 0.3 is 0 Å². The van der Waals surface area contributed by atoms with Crippen LogP contribution in [0.2, 0.25) is 10.0 Å². The Labute approximate surface area is 168 Å². The number of anilines is 3. The van der Waals surface area contributed by atoms with Gasteiger partial charge in [0.15, 0.2) is 5.82 Å². The molecule has 140 valence electrons. The molecular weight excluding hydrogens is 383 g/mol. The van der Waals surface area contributed by atoms with E-state index in [2.05, 4.69) is 45.0 Å². The molecule has 3 aromatic rings. The van der Waals surface area contributed by atoms with Crippen LogP contribution in [-0.4, -0.2) is 21.0 Å². The van der Waals surface area contributed by atoms with Gasteiger partial charge in [-0.05, 0) is 43.7 Å². The third-order valence-corrected chi connectivity index (χ3v) is 4.45. The van der Waals surface area contributed by atoms with E-state index in [1.807, 2.05) is 24.3 Å². The molecule has 0 radical (unpaired) electrons. The predicted octanol–water partition coefficient (Wildman–Crippen LogP) is 5.49. The Hall–Kier alpha value is -2.57. The van der Waals surface area contributed by atoms with E-state index < -0.39 is 0 Å². The number of aromatic nitrogens is 3. The van der Waals surface area contributed by atoms with Crippen molar-refractivity contribution < 1.29 is 0 Å². The van der Waals surface area contributed by atoms with Gasteiger partial charge in [0.05, 0.1) is 22.1 Å². The van der Waals surface area contributed by atoms with Crippen molar-refractivity contribution >= 4 is 40.7 Å². The molecule has 0 aliphatic heterocycles. The molecule has 0 unspecified atom stereocenters. The zero-order valence-corrected chi connectivity index (χ0v) is 16.5. The van der Waals surface area contributed by atoms with Crippen LogP contribution >= 0.6 is 23.2 Å². The van der Waals surface area contributed by atoms with Gasteiger partial charge in [-0.15, -0.1) is 0 Å². The Morgan fingerprint density at radius 2 is 1.85 bits per heavy atom. The fourth-order valence-corrected chi connectivity index (χ4v) is 2.72. The second-order valence-electron chi connectivity index (χ2n) is 6.00. The summed E-state index contributed by atoms with van der Waals surface area (Å²) < 4.78 is 0. The van der Waals surface area contributed by atoms with Gasteiger partial charge in [-0.25, -0.2) is 4.98 Å². The van der Waals surface area contributed by atoms with Crippen LogP contribution in [0, 0.1) is 0 Å². The first kappa shape index (κ1) is 19.2. The van der Waals surface area contributed by atoms with Gasteiger partial charge in [-0.1, -0.05) is 36.2 Å². The monoisotopic (exact) mass is 402 g/mol. The van der Waals surface area contributed by atoms with Crippen LogP contribution in [0.3, 0.4) is 0 Å². The summed E-state index contributed by atoms with van der Waals surface area (Å²) >= 11 is 12.1. The Bertz CT molecular complexity index is 904. The molecule has 0 bridgehead atoms. The molecule has 0 fully saturated rings. The summed E-state index contributed by atoms with van der Waals surface area (Å²) in [6.45, 7) is 4.18. The molecule has 0 saturated heterocycles. The SMILES string of the molecule is CC[C@@H](C)Nc1nc(NNc2ccc(Cl)cc2Cl)cc(-c2ccccn2)n1. The minimum Gasteiger partial charge on any atom is -0.352 e. The van der Waals surface area contributed by atoms with Crippen molar-refractivity contribution in [1.82, 2.24) is 15.0 Å². The van der Waals surface area contributed by atoms with E-state index in [0.29, 0.717) is 33.2 Å². The Balaban J connectivity index is 1.87. The van der Waals surface area contributed by atoms with Gasteiger partial charge in [0.1, 0.15) is 0 Å². The molecule has 1 atom stereocenters. The summed E-state index contributed by atoms with van der Waals surface area (Å²) in [5.41, 5.74) is 8.28. The van der Waals surface area contributed by atoms with Gasteiger partial charge < -0.3 is 5.32 Å². The molecule has 0 aliphatic carbocycles. The molecule has 0 aliphatic rings. The highest BCUT2D eigenvalue weighted by molar-refractivity contribution is 6.36. The minimum absolute atomic E-state index is 0.246. The van der Waals surface area contributed by atoms with Crippen molar-refractivity contribution in [2.45, 2.75) is 26.3 Å². The quantitative estimate of drug-likeness (QED) is 0.453. The topological polar surface area (TPSA) is 74.8 Å². The van der Waals surface area contributed by atoms with Crippen LogP contribution in [-0.2, 0) is 0 Å². The number of hydrazine groups is 1. The average Bonchev–Trinajstić information content (AvgIpc) is 2.67. The minimum atomic E-state index is 0.246.